The van der Waals surface area contributed by atoms with Gasteiger partial charge < -0.3 is 4.74 Å². The van der Waals surface area contributed by atoms with Gasteiger partial charge in [0.1, 0.15) is 11.5 Å². The Labute approximate surface area is 314 Å². The molecule has 1 aliphatic rings. The van der Waals surface area contributed by atoms with Crippen LogP contribution in [0.5, 0.6) is 11.5 Å². The third-order valence-electron chi connectivity index (χ3n) is 11.6. The molecule has 0 atom stereocenters. The summed E-state index contributed by atoms with van der Waals surface area (Å²) in [6, 6.07) is 75.2. The lowest BCUT2D eigenvalue weighted by atomic mass is 9.61. The highest BCUT2D eigenvalue weighted by molar-refractivity contribution is 6.18. The second kappa shape index (κ2) is 12.0. The molecule has 0 radical (unpaired) electrons. The Hall–Kier alpha value is -6.96. The van der Waals surface area contributed by atoms with Crippen molar-refractivity contribution in [3.8, 4) is 33.8 Å². The second-order valence-corrected chi connectivity index (χ2v) is 14.3. The van der Waals surface area contributed by atoms with Gasteiger partial charge in [0.15, 0.2) is 0 Å². The van der Waals surface area contributed by atoms with E-state index in [1.807, 2.05) is 0 Å². The van der Waals surface area contributed by atoms with Crippen molar-refractivity contribution in [3.63, 3.8) is 0 Å². The maximum Gasteiger partial charge on any atom is 0.140 e. The van der Waals surface area contributed by atoms with Gasteiger partial charge in [-0.25, -0.2) is 0 Å². The summed E-state index contributed by atoms with van der Waals surface area (Å²) in [6.07, 6.45) is 0. The van der Waals surface area contributed by atoms with Gasteiger partial charge >= 0.3 is 0 Å². The highest BCUT2D eigenvalue weighted by Crippen LogP contribution is 2.62. The minimum atomic E-state index is -0.729. The number of hydrogen-bond donors (Lipinski definition) is 0. The van der Waals surface area contributed by atoms with E-state index in [-0.39, 0.29) is 0 Å². The molecule has 1 heterocycles. The molecule has 0 aliphatic carbocycles. The maximum absolute atomic E-state index is 7.46. The molecule has 1 heteroatoms. The van der Waals surface area contributed by atoms with Crippen molar-refractivity contribution in [1.29, 1.82) is 0 Å². The van der Waals surface area contributed by atoms with Gasteiger partial charge in [-0.2, -0.15) is 0 Å². The van der Waals surface area contributed by atoms with Crippen LogP contribution >= 0.6 is 0 Å². The first-order chi connectivity index (χ1) is 26.8. The molecule has 0 N–H and O–H groups in total. The lowest BCUT2D eigenvalue weighted by molar-refractivity contribution is 0.449. The molecule has 1 aliphatic heterocycles. The third kappa shape index (κ3) is 4.39. The summed E-state index contributed by atoms with van der Waals surface area (Å²) in [6.45, 7) is 0. The predicted octanol–water partition coefficient (Wildman–Crippen LogP) is 14.1. The van der Waals surface area contributed by atoms with Gasteiger partial charge in [0.05, 0.1) is 5.41 Å². The van der Waals surface area contributed by atoms with E-state index >= 15 is 0 Å². The van der Waals surface area contributed by atoms with Crippen molar-refractivity contribution in [3.05, 3.63) is 229 Å². The minimum absolute atomic E-state index is 0.729. The molecule has 0 spiro atoms. The zero-order valence-electron chi connectivity index (χ0n) is 29.5. The van der Waals surface area contributed by atoms with Crippen LogP contribution in [0.3, 0.4) is 0 Å². The van der Waals surface area contributed by atoms with Crippen LogP contribution in [0.25, 0.3) is 65.3 Å². The Kier molecular flexibility index (Phi) is 6.84. The molecule has 0 amide bonds. The Morgan fingerprint density at radius 2 is 0.537 bits per heavy atom. The number of benzene rings is 10. The lowest BCUT2D eigenvalue weighted by Gasteiger charge is -2.44. The van der Waals surface area contributed by atoms with E-state index in [2.05, 4.69) is 206 Å². The topological polar surface area (TPSA) is 9.23 Å². The van der Waals surface area contributed by atoms with E-state index in [4.69, 9.17) is 4.74 Å². The maximum atomic E-state index is 7.46. The Morgan fingerprint density at radius 1 is 0.241 bits per heavy atom. The first-order valence-corrected chi connectivity index (χ1v) is 18.7. The molecule has 0 unspecified atom stereocenters. The lowest BCUT2D eigenvalue weighted by Crippen LogP contribution is -2.35. The molecule has 0 saturated heterocycles. The monoisotopic (exact) mass is 686 g/mol. The van der Waals surface area contributed by atoms with E-state index in [0.717, 1.165) is 22.3 Å². The van der Waals surface area contributed by atoms with Gasteiger partial charge in [0, 0.05) is 21.9 Å². The van der Waals surface area contributed by atoms with Gasteiger partial charge in [0.25, 0.3) is 0 Å². The van der Waals surface area contributed by atoms with E-state index < -0.39 is 5.41 Å². The predicted molar refractivity (Wildman–Crippen MR) is 226 cm³/mol. The molecule has 0 bridgehead atoms. The SMILES string of the molecule is c1ccc(-c2ccc(-c3ccc(C4(c5ccccc5)c5c(c6ccccc6c6ccccc56)Oc5c4c4ccccc4c4ccccc54)cc3)cc2)cc1. The second-order valence-electron chi connectivity index (χ2n) is 14.3. The average molecular weight is 687 g/mol. The van der Waals surface area contributed by atoms with Crippen molar-refractivity contribution in [2.24, 2.45) is 0 Å². The summed E-state index contributed by atoms with van der Waals surface area (Å²) < 4.78 is 7.46. The van der Waals surface area contributed by atoms with Crippen LogP contribution in [0, 0.1) is 0 Å². The number of rotatable bonds is 4. The highest BCUT2D eigenvalue weighted by Gasteiger charge is 2.49. The summed E-state index contributed by atoms with van der Waals surface area (Å²) in [5, 5.41) is 9.44. The number of ether oxygens (including phenoxy) is 1. The van der Waals surface area contributed by atoms with Gasteiger partial charge in [-0.15, -0.1) is 0 Å². The third-order valence-corrected chi connectivity index (χ3v) is 11.6. The molecule has 0 aromatic heterocycles. The van der Waals surface area contributed by atoms with Crippen LogP contribution in [-0.2, 0) is 5.41 Å². The number of fused-ring (bicyclic) bond motifs is 12. The average Bonchev–Trinajstić information content (AvgIpc) is 3.26. The van der Waals surface area contributed by atoms with E-state index in [1.165, 1.54) is 76.8 Å². The van der Waals surface area contributed by atoms with Gasteiger partial charge in [-0.05, 0) is 65.7 Å². The van der Waals surface area contributed by atoms with Crippen LogP contribution in [0.4, 0.5) is 0 Å². The zero-order valence-corrected chi connectivity index (χ0v) is 29.5. The molecule has 54 heavy (non-hydrogen) atoms. The molecule has 1 nitrogen and oxygen atoms in total. The summed E-state index contributed by atoms with van der Waals surface area (Å²) in [4.78, 5) is 0. The fourth-order valence-electron chi connectivity index (χ4n) is 9.23. The van der Waals surface area contributed by atoms with Crippen molar-refractivity contribution in [2.45, 2.75) is 5.41 Å². The van der Waals surface area contributed by atoms with Crippen LogP contribution in [0.15, 0.2) is 206 Å². The highest BCUT2D eigenvalue weighted by atomic mass is 16.5. The molecular weight excluding hydrogens is 653 g/mol. The van der Waals surface area contributed by atoms with Crippen LogP contribution in [-0.4, -0.2) is 0 Å². The van der Waals surface area contributed by atoms with E-state index in [9.17, 15) is 0 Å². The van der Waals surface area contributed by atoms with Crippen molar-refractivity contribution >= 4 is 43.1 Å². The molecule has 10 aromatic carbocycles. The normalized spacial score (nSPS) is 13.1. The quantitative estimate of drug-likeness (QED) is 0.167. The fraction of sp³-hybridized carbons (Fsp3) is 0.0189. The molecule has 252 valence electrons. The van der Waals surface area contributed by atoms with Gasteiger partial charge in [-0.1, -0.05) is 206 Å². The molecular formula is C53H34O. The Bertz CT molecular complexity index is 2910. The van der Waals surface area contributed by atoms with Crippen molar-refractivity contribution in [2.75, 3.05) is 0 Å². The zero-order chi connectivity index (χ0) is 35.6. The Balaban J connectivity index is 1.27. The van der Waals surface area contributed by atoms with Gasteiger partial charge in [0.2, 0.25) is 0 Å². The smallest absolute Gasteiger partial charge is 0.140 e. The number of hydrogen-bond acceptors (Lipinski definition) is 1. The molecule has 0 saturated carbocycles. The largest absolute Gasteiger partial charge is 0.455 e. The first kappa shape index (κ1) is 30.6. The molecule has 0 fully saturated rings. The van der Waals surface area contributed by atoms with E-state index in [0.29, 0.717) is 0 Å². The Morgan fingerprint density at radius 3 is 0.981 bits per heavy atom. The van der Waals surface area contributed by atoms with Crippen molar-refractivity contribution in [1.82, 2.24) is 0 Å². The molecule has 11 rings (SSSR count). The summed E-state index contributed by atoms with van der Waals surface area (Å²) in [5.41, 5.74) is 8.84. The standard InChI is InChI=1S/C53H34O/c1-3-15-35(16-4-1)36-27-29-37(30-28-36)38-31-33-40(34-32-38)53(39-17-5-2-6-18-39)49-45-23-11-7-19-41(45)43-21-9-13-25-47(43)51(49)54-52-48-26-14-10-22-44(48)42-20-8-12-24-46(42)50(52)53/h1-34H. The first-order valence-electron chi connectivity index (χ1n) is 18.7. The van der Waals surface area contributed by atoms with E-state index in [1.54, 1.807) is 0 Å². The minimum Gasteiger partial charge on any atom is -0.455 e. The van der Waals surface area contributed by atoms with Crippen LogP contribution in [0.1, 0.15) is 22.3 Å². The van der Waals surface area contributed by atoms with Gasteiger partial charge in [-0.3, -0.25) is 0 Å². The summed E-state index contributed by atoms with van der Waals surface area (Å²) in [7, 11) is 0. The summed E-state index contributed by atoms with van der Waals surface area (Å²) in [5.74, 6) is 1.84. The van der Waals surface area contributed by atoms with Crippen LogP contribution in [0.2, 0.25) is 0 Å². The molecule has 10 aromatic rings. The van der Waals surface area contributed by atoms with Crippen LogP contribution < -0.4 is 4.74 Å². The fourth-order valence-corrected chi connectivity index (χ4v) is 9.23. The summed E-state index contributed by atoms with van der Waals surface area (Å²) >= 11 is 0. The van der Waals surface area contributed by atoms with Crippen molar-refractivity contribution < 1.29 is 4.74 Å².